The molecule has 0 spiro atoms. The molecule has 5 heteroatoms. The SMILES string of the molecule is Cc1cc(N2CCCC(C3CCCN3)C2)cc([N+](=O)[O-])c1. The van der Waals surface area contributed by atoms with E-state index < -0.39 is 0 Å². The minimum absolute atomic E-state index is 0.200. The van der Waals surface area contributed by atoms with Gasteiger partial charge >= 0.3 is 0 Å². The molecular formula is C16H23N3O2. The van der Waals surface area contributed by atoms with Gasteiger partial charge in [0.25, 0.3) is 5.69 Å². The molecule has 2 atom stereocenters. The summed E-state index contributed by atoms with van der Waals surface area (Å²) in [6.45, 7) is 5.08. The third-order valence-electron chi connectivity index (χ3n) is 4.75. The molecule has 5 nitrogen and oxygen atoms in total. The molecule has 1 aromatic carbocycles. The van der Waals surface area contributed by atoms with Crippen LogP contribution in [0.15, 0.2) is 18.2 Å². The van der Waals surface area contributed by atoms with Crippen LogP contribution in [0.3, 0.4) is 0 Å². The lowest BCUT2D eigenvalue weighted by molar-refractivity contribution is -0.384. The predicted octanol–water partition coefficient (Wildman–Crippen LogP) is 2.87. The number of nitrogens with zero attached hydrogens (tertiary/aromatic N) is 2. The molecule has 1 N–H and O–H groups in total. The number of aryl methyl sites for hydroxylation is 1. The van der Waals surface area contributed by atoms with Crippen molar-refractivity contribution < 1.29 is 4.92 Å². The first-order chi connectivity index (χ1) is 10.1. The lowest BCUT2D eigenvalue weighted by Gasteiger charge is -2.37. The van der Waals surface area contributed by atoms with Crippen molar-refractivity contribution >= 4 is 11.4 Å². The zero-order chi connectivity index (χ0) is 14.8. The second-order valence-corrected chi connectivity index (χ2v) is 6.34. The third-order valence-corrected chi connectivity index (χ3v) is 4.75. The molecule has 1 aromatic rings. The Hall–Kier alpha value is -1.62. The Bertz CT molecular complexity index is 526. The minimum Gasteiger partial charge on any atom is -0.371 e. The van der Waals surface area contributed by atoms with Gasteiger partial charge in [0.1, 0.15) is 0 Å². The second-order valence-electron chi connectivity index (χ2n) is 6.34. The van der Waals surface area contributed by atoms with Crippen LogP contribution < -0.4 is 10.2 Å². The summed E-state index contributed by atoms with van der Waals surface area (Å²) in [5.74, 6) is 0.667. The van der Waals surface area contributed by atoms with E-state index in [0.717, 1.165) is 30.9 Å². The summed E-state index contributed by atoms with van der Waals surface area (Å²) in [7, 11) is 0. The number of nitro benzene ring substituents is 1. The topological polar surface area (TPSA) is 58.4 Å². The molecule has 0 aliphatic carbocycles. The Morgan fingerprint density at radius 3 is 2.86 bits per heavy atom. The van der Waals surface area contributed by atoms with Crippen molar-refractivity contribution in [2.24, 2.45) is 5.92 Å². The number of benzene rings is 1. The number of hydrogen-bond donors (Lipinski definition) is 1. The summed E-state index contributed by atoms with van der Waals surface area (Å²) in [5.41, 5.74) is 2.16. The van der Waals surface area contributed by atoms with Gasteiger partial charge in [0.2, 0.25) is 0 Å². The molecule has 2 saturated heterocycles. The van der Waals surface area contributed by atoms with Crippen molar-refractivity contribution in [3.63, 3.8) is 0 Å². The maximum Gasteiger partial charge on any atom is 0.271 e. The molecule has 0 amide bonds. The molecule has 114 valence electrons. The highest BCUT2D eigenvalue weighted by Crippen LogP contribution is 2.30. The smallest absolute Gasteiger partial charge is 0.271 e. The van der Waals surface area contributed by atoms with Gasteiger partial charge in [-0.15, -0.1) is 0 Å². The number of anilines is 1. The fourth-order valence-corrected chi connectivity index (χ4v) is 3.72. The van der Waals surface area contributed by atoms with Gasteiger partial charge in [0.15, 0.2) is 0 Å². The van der Waals surface area contributed by atoms with Crippen LogP contribution in [0.2, 0.25) is 0 Å². The van der Waals surface area contributed by atoms with E-state index in [1.807, 2.05) is 6.92 Å². The molecule has 2 unspecified atom stereocenters. The molecule has 0 bridgehead atoms. The van der Waals surface area contributed by atoms with E-state index in [4.69, 9.17) is 0 Å². The summed E-state index contributed by atoms with van der Waals surface area (Å²) >= 11 is 0. The summed E-state index contributed by atoms with van der Waals surface area (Å²) in [5, 5.41) is 14.6. The summed E-state index contributed by atoms with van der Waals surface area (Å²) in [6.07, 6.45) is 4.98. The first-order valence-corrected chi connectivity index (χ1v) is 7.88. The van der Waals surface area contributed by atoms with Crippen molar-refractivity contribution in [2.75, 3.05) is 24.5 Å². The van der Waals surface area contributed by atoms with Crippen LogP contribution in [0, 0.1) is 23.0 Å². The molecule has 0 aromatic heterocycles. The van der Waals surface area contributed by atoms with Crippen molar-refractivity contribution in [3.8, 4) is 0 Å². The molecule has 0 saturated carbocycles. The zero-order valence-electron chi connectivity index (χ0n) is 12.5. The Labute approximate surface area is 125 Å². The number of nitro groups is 1. The Balaban J connectivity index is 1.77. The lowest BCUT2D eigenvalue weighted by Crippen LogP contribution is -2.43. The van der Waals surface area contributed by atoms with E-state index in [0.29, 0.717) is 12.0 Å². The Kier molecular flexibility index (Phi) is 4.10. The van der Waals surface area contributed by atoms with Gasteiger partial charge in [0, 0.05) is 37.0 Å². The van der Waals surface area contributed by atoms with Crippen LogP contribution in [0.4, 0.5) is 11.4 Å². The molecule has 3 rings (SSSR count). The minimum atomic E-state index is -0.295. The largest absolute Gasteiger partial charge is 0.371 e. The van der Waals surface area contributed by atoms with Gasteiger partial charge < -0.3 is 10.2 Å². The summed E-state index contributed by atoms with van der Waals surface area (Å²) < 4.78 is 0. The van der Waals surface area contributed by atoms with Crippen molar-refractivity contribution in [1.82, 2.24) is 5.32 Å². The highest BCUT2D eigenvalue weighted by Gasteiger charge is 2.29. The summed E-state index contributed by atoms with van der Waals surface area (Å²) in [6, 6.07) is 6.06. The van der Waals surface area contributed by atoms with Gasteiger partial charge in [-0.2, -0.15) is 0 Å². The molecule has 0 radical (unpaired) electrons. The maximum absolute atomic E-state index is 11.0. The van der Waals surface area contributed by atoms with E-state index in [1.54, 1.807) is 12.1 Å². The highest BCUT2D eigenvalue weighted by atomic mass is 16.6. The molecule has 2 aliphatic heterocycles. The lowest BCUT2D eigenvalue weighted by atomic mass is 9.89. The average Bonchev–Trinajstić information content (AvgIpc) is 3.01. The van der Waals surface area contributed by atoms with Crippen molar-refractivity contribution in [2.45, 2.75) is 38.6 Å². The number of nitrogens with one attached hydrogen (secondary N) is 1. The number of piperidine rings is 1. The number of non-ortho nitro benzene ring substituents is 1. The molecular weight excluding hydrogens is 266 g/mol. The number of hydrogen-bond acceptors (Lipinski definition) is 4. The van der Waals surface area contributed by atoms with E-state index in [-0.39, 0.29) is 10.6 Å². The highest BCUT2D eigenvalue weighted by molar-refractivity contribution is 5.56. The third kappa shape index (κ3) is 3.18. The Morgan fingerprint density at radius 2 is 2.14 bits per heavy atom. The molecule has 21 heavy (non-hydrogen) atoms. The van der Waals surface area contributed by atoms with Crippen LogP contribution in [0.1, 0.15) is 31.2 Å². The van der Waals surface area contributed by atoms with Crippen LogP contribution >= 0.6 is 0 Å². The van der Waals surface area contributed by atoms with Crippen LogP contribution in [-0.2, 0) is 0 Å². The normalized spacial score (nSPS) is 26.0. The van der Waals surface area contributed by atoms with E-state index >= 15 is 0 Å². The zero-order valence-corrected chi connectivity index (χ0v) is 12.5. The fourth-order valence-electron chi connectivity index (χ4n) is 3.72. The van der Waals surface area contributed by atoms with Crippen molar-refractivity contribution in [3.05, 3.63) is 33.9 Å². The van der Waals surface area contributed by atoms with Gasteiger partial charge in [-0.3, -0.25) is 10.1 Å². The van der Waals surface area contributed by atoms with Gasteiger partial charge in [-0.05, 0) is 56.7 Å². The fraction of sp³-hybridized carbons (Fsp3) is 0.625. The monoisotopic (exact) mass is 289 g/mol. The first-order valence-electron chi connectivity index (χ1n) is 7.88. The quantitative estimate of drug-likeness (QED) is 0.686. The van der Waals surface area contributed by atoms with Gasteiger partial charge in [-0.1, -0.05) is 0 Å². The molecule has 2 aliphatic rings. The van der Waals surface area contributed by atoms with Crippen LogP contribution in [0.5, 0.6) is 0 Å². The second kappa shape index (κ2) is 6.02. The van der Waals surface area contributed by atoms with E-state index in [1.165, 1.54) is 25.7 Å². The van der Waals surface area contributed by atoms with Crippen molar-refractivity contribution in [1.29, 1.82) is 0 Å². The summed E-state index contributed by atoms with van der Waals surface area (Å²) in [4.78, 5) is 13.1. The molecule has 2 heterocycles. The van der Waals surface area contributed by atoms with Gasteiger partial charge in [0.05, 0.1) is 4.92 Å². The molecule has 2 fully saturated rings. The Morgan fingerprint density at radius 1 is 1.29 bits per heavy atom. The van der Waals surface area contributed by atoms with E-state index in [2.05, 4.69) is 16.3 Å². The van der Waals surface area contributed by atoms with E-state index in [9.17, 15) is 10.1 Å². The van der Waals surface area contributed by atoms with Crippen LogP contribution in [-0.4, -0.2) is 30.6 Å². The maximum atomic E-state index is 11.0. The standard InChI is InChI=1S/C16H23N3O2/c1-12-8-14(10-15(9-12)19(20)21)18-7-3-4-13(11-18)16-5-2-6-17-16/h8-10,13,16-17H,2-7,11H2,1H3. The van der Waals surface area contributed by atoms with Gasteiger partial charge in [-0.25, -0.2) is 0 Å². The first kappa shape index (κ1) is 14.3. The number of rotatable bonds is 3. The average molecular weight is 289 g/mol. The van der Waals surface area contributed by atoms with Crippen LogP contribution in [0.25, 0.3) is 0 Å². The predicted molar refractivity (Wildman–Crippen MR) is 83.8 cm³/mol.